The second-order valence-electron chi connectivity index (χ2n) is 7.19. The Labute approximate surface area is 190 Å². The third kappa shape index (κ3) is 6.18. The topological polar surface area (TPSA) is 101 Å². The quantitative estimate of drug-likeness (QED) is 0.279. The average Bonchev–Trinajstić information content (AvgIpc) is 2.80. The zero-order chi connectivity index (χ0) is 23.1. The average molecular weight is 450 g/mol. The summed E-state index contributed by atoms with van der Waals surface area (Å²) in [7, 11) is 0. The maximum atomic E-state index is 12.6. The van der Waals surface area contributed by atoms with Crippen LogP contribution in [0.5, 0.6) is 0 Å². The Morgan fingerprint density at radius 3 is 2.28 bits per heavy atom. The number of nitro benzene ring substituents is 1. The minimum absolute atomic E-state index is 0.0133. The first kappa shape index (κ1) is 23.0. The molecule has 3 aromatic carbocycles. The molecule has 0 spiro atoms. The molecule has 2 unspecified atom stereocenters. The second-order valence-corrected chi connectivity index (χ2v) is 8.60. The molecule has 2 N–H and O–H groups in total. The van der Waals surface area contributed by atoms with Crippen molar-refractivity contribution >= 4 is 35.0 Å². The third-order valence-electron chi connectivity index (χ3n) is 4.77. The van der Waals surface area contributed by atoms with E-state index in [0.717, 1.165) is 10.5 Å². The fourth-order valence-electron chi connectivity index (χ4n) is 3.00. The Balaban J connectivity index is 1.59. The molecular formula is C24H23N3O4S. The highest BCUT2D eigenvalue weighted by atomic mass is 32.2. The van der Waals surface area contributed by atoms with Gasteiger partial charge in [-0.1, -0.05) is 30.3 Å². The Morgan fingerprint density at radius 1 is 0.938 bits per heavy atom. The van der Waals surface area contributed by atoms with E-state index in [4.69, 9.17) is 0 Å². The van der Waals surface area contributed by atoms with Crippen LogP contribution in [0.3, 0.4) is 0 Å². The smallest absolute Gasteiger partial charge is 0.269 e. The molecule has 0 aliphatic heterocycles. The van der Waals surface area contributed by atoms with Crippen LogP contribution in [-0.2, 0) is 4.79 Å². The van der Waals surface area contributed by atoms with Gasteiger partial charge in [-0.15, -0.1) is 11.8 Å². The van der Waals surface area contributed by atoms with Crippen molar-refractivity contribution in [1.29, 1.82) is 0 Å². The molecule has 0 radical (unpaired) electrons. The number of amides is 2. The Morgan fingerprint density at radius 2 is 1.62 bits per heavy atom. The lowest BCUT2D eigenvalue weighted by molar-refractivity contribution is -0.384. The molecule has 0 aromatic heterocycles. The van der Waals surface area contributed by atoms with Gasteiger partial charge in [-0.2, -0.15) is 0 Å². The molecule has 2 amide bonds. The summed E-state index contributed by atoms with van der Waals surface area (Å²) in [5.74, 6) is -0.355. The van der Waals surface area contributed by atoms with Crippen molar-refractivity contribution in [3.8, 4) is 0 Å². The first-order valence-electron chi connectivity index (χ1n) is 10.0. The molecule has 3 aromatic rings. The number of hydrogen-bond acceptors (Lipinski definition) is 5. The number of anilines is 1. The van der Waals surface area contributed by atoms with Crippen molar-refractivity contribution in [3.05, 3.63) is 100 Å². The number of rotatable bonds is 8. The molecule has 0 fully saturated rings. The van der Waals surface area contributed by atoms with Crippen molar-refractivity contribution in [2.75, 3.05) is 5.32 Å². The fraction of sp³-hybridized carbons (Fsp3) is 0.167. The van der Waals surface area contributed by atoms with Gasteiger partial charge in [0.25, 0.3) is 11.6 Å². The first-order valence-corrected chi connectivity index (χ1v) is 10.9. The number of carbonyl (C=O) groups is 2. The predicted molar refractivity (Wildman–Crippen MR) is 126 cm³/mol. The van der Waals surface area contributed by atoms with Crippen molar-refractivity contribution in [3.63, 3.8) is 0 Å². The van der Waals surface area contributed by atoms with E-state index in [0.29, 0.717) is 11.3 Å². The van der Waals surface area contributed by atoms with E-state index < -0.39 is 4.92 Å². The highest BCUT2D eigenvalue weighted by Crippen LogP contribution is 2.26. The van der Waals surface area contributed by atoms with Gasteiger partial charge in [-0.25, -0.2) is 0 Å². The molecule has 7 nitrogen and oxygen atoms in total. The van der Waals surface area contributed by atoms with E-state index in [1.54, 1.807) is 49.4 Å². The van der Waals surface area contributed by atoms with E-state index in [9.17, 15) is 19.7 Å². The Kier molecular flexibility index (Phi) is 7.62. The normalized spacial score (nSPS) is 12.4. The molecule has 0 saturated heterocycles. The van der Waals surface area contributed by atoms with Gasteiger partial charge in [0, 0.05) is 28.3 Å². The van der Waals surface area contributed by atoms with Crippen LogP contribution in [-0.4, -0.2) is 22.0 Å². The molecule has 0 heterocycles. The first-order chi connectivity index (χ1) is 15.3. The number of nitrogens with one attached hydrogen (secondary N) is 2. The molecular weight excluding hydrogens is 426 g/mol. The molecule has 3 rings (SSSR count). The van der Waals surface area contributed by atoms with Crippen molar-refractivity contribution in [1.82, 2.24) is 5.32 Å². The molecule has 0 saturated carbocycles. The number of nitro groups is 1. The molecule has 0 bridgehead atoms. The van der Waals surface area contributed by atoms with E-state index >= 15 is 0 Å². The predicted octanol–water partition coefficient (Wildman–Crippen LogP) is 5.21. The van der Waals surface area contributed by atoms with Gasteiger partial charge in [-0.3, -0.25) is 19.7 Å². The number of thioether (sulfide) groups is 1. The molecule has 0 aliphatic carbocycles. The van der Waals surface area contributed by atoms with Crippen LogP contribution in [0.25, 0.3) is 0 Å². The van der Waals surface area contributed by atoms with E-state index in [2.05, 4.69) is 10.6 Å². The number of non-ortho nitro benzene ring substituents is 1. The van der Waals surface area contributed by atoms with E-state index in [1.807, 2.05) is 31.2 Å². The molecule has 0 aliphatic rings. The zero-order valence-electron chi connectivity index (χ0n) is 17.6. The van der Waals surface area contributed by atoms with Gasteiger partial charge in [0.2, 0.25) is 5.91 Å². The number of nitrogens with zero attached hydrogens (tertiary/aromatic N) is 1. The summed E-state index contributed by atoms with van der Waals surface area (Å²) in [6.07, 6.45) is 0. The summed E-state index contributed by atoms with van der Waals surface area (Å²) in [5, 5.41) is 16.2. The molecule has 32 heavy (non-hydrogen) atoms. The van der Waals surface area contributed by atoms with Crippen LogP contribution in [0.2, 0.25) is 0 Å². The third-order valence-corrected chi connectivity index (χ3v) is 5.88. The van der Waals surface area contributed by atoms with Crippen molar-refractivity contribution in [2.45, 2.75) is 30.0 Å². The van der Waals surface area contributed by atoms with Crippen molar-refractivity contribution < 1.29 is 14.5 Å². The lowest BCUT2D eigenvalue weighted by atomic mass is 10.1. The second kappa shape index (κ2) is 10.6. The molecule has 2 atom stereocenters. The number of hydrogen-bond donors (Lipinski definition) is 2. The van der Waals surface area contributed by atoms with Crippen LogP contribution in [0.1, 0.15) is 35.8 Å². The summed E-state index contributed by atoms with van der Waals surface area (Å²) in [6.45, 7) is 3.66. The summed E-state index contributed by atoms with van der Waals surface area (Å²) >= 11 is 1.33. The van der Waals surface area contributed by atoms with Crippen molar-refractivity contribution in [2.24, 2.45) is 0 Å². The fourth-order valence-corrected chi connectivity index (χ4v) is 3.87. The van der Waals surface area contributed by atoms with Gasteiger partial charge < -0.3 is 10.6 Å². The van der Waals surface area contributed by atoms with E-state index in [1.165, 1.54) is 23.9 Å². The van der Waals surface area contributed by atoms with Gasteiger partial charge in [0.1, 0.15) is 0 Å². The maximum Gasteiger partial charge on any atom is 0.269 e. The minimum atomic E-state index is -0.456. The zero-order valence-corrected chi connectivity index (χ0v) is 18.5. The standard InChI is InChI=1S/C24H23N3O4S/c1-16(25-23(28)17(2)32-22-13-11-21(12-14-22)27(30)31)19-9-6-10-20(15-19)26-24(29)18-7-4-3-5-8-18/h3-17H,1-2H3,(H,25,28)(H,26,29). The Hall–Kier alpha value is -3.65. The summed E-state index contributed by atoms with van der Waals surface area (Å²) in [5.41, 5.74) is 2.08. The monoisotopic (exact) mass is 449 g/mol. The lowest BCUT2D eigenvalue weighted by Crippen LogP contribution is -2.33. The Bertz CT molecular complexity index is 1100. The van der Waals surface area contributed by atoms with Gasteiger partial charge in [-0.05, 0) is 55.8 Å². The van der Waals surface area contributed by atoms with Gasteiger partial charge >= 0.3 is 0 Å². The largest absolute Gasteiger partial charge is 0.349 e. The highest BCUT2D eigenvalue weighted by Gasteiger charge is 2.18. The van der Waals surface area contributed by atoms with E-state index in [-0.39, 0.29) is 28.8 Å². The van der Waals surface area contributed by atoms with Gasteiger partial charge in [0.05, 0.1) is 16.2 Å². The van der Waals surface area contributed by atoms with Crippen LogP contribution in [0.4, 0.5) is 11.4 Å². The minimum Gasteiger partial charge on any atom is -0.349 e. The highest BCUT2D eigenvalue weighted by molar-refractivity contribution is 8.00. The van der Waals surface area contributed by atoms with Crippen LogP contribution in [0, 0.1) is 10.1 Å². The number of benzene rings is 3. The summed E-state index contributed by atoms with van der Waals surface area (Å²) in [6, 6.07) is 22.1. The van der Waals surface area contributed by atoms with Gasteiger partial charge in [0.15, 0.2) is 0 Å². The molecule has 8 heteroatoms. The molecule has 164 valence electrons. The maximum absolute atomic E-state index is 12.6. The summed E-state index contributed by atoms with van der Waals surface area (Å²) in [4.78, 5) is 36.1. The van der Waals surface area contributed by atoms with Crippen LogP contribution in [0.15, 0.2) is 83.8 Å². The SMILES string of the molecule is CC(Sc1ccc([N+](=O)[O-])cc1)C(=O)NC(C)c1cccc(NC(=O)c2ccccc2)c1. The van der Waals surface area contributed by atoms with Crippen LogP contribution < -0.4 is 10.6 Å². The lowest BCUT2D eigenvalue weighted by Gasteiger charge is -2.18. The summed E-state index contributed by atoms with van der Waals surface area (Å²) < 4.78 is 0. The van der Waals surface area contributed by atoms with Crippen LogP contribution >= 0.6 is 11.8 Å². The number of carbonyl (C=O) groups excluding carboxylic acids is 2.